The lowest BCUT2D eigenvalue weighted by atomic mass is 10.1. The number of fused-ring (bicyclic) bond motifs is 1. The molecule has 0 aromatic carbocycles. The first kappa shape index (κ1) is 15.8. The van der Waals surface area contributed by atoms with Crippen LogP contribution in [0.2, 0.25) is 0 Å². The Labute approximate surface area is 147 Å². The van der Waals surface area contributed by atoms with Gasteiger partial charge < -0.3 is 15.3 Å². The quantitative estimate of drug-likeness (QED) is 0.573. The fourth-order valence-corrected chi connectivity index (χ4v) is 2.75. The number of hydrogen-bond acceptors (Lipinski definition) is 7. The molecular formula is C17H14N6O3. The zero-order valence-corrected chi connectivity index (χ0v) is 13.7. The van der Waals surface area contributed by atoms with Crippen LogP contribution in [0, 0.1) is 0 Å². The van der Waals surface area contributed by atoms with E-state index in [2.05, 4.69) is 20.1 Å². The predicted molar refractivity (Wildman–Crippen MR) is 92.5 cm³/mol. The number of oxazole rings is 1. The molecule has 0 aliphatic carbocycles. The third-order valence-corrected chi connectivity index (χ3v) is 4.02. The maximum Gasteiger partial charge on any atom is 0.358 e. The Morgan fingerprint density at radius 2 is 2.19 bits per heavy atom. The Hall–Kier alpha value is -3.75. The molecule has 4 heterocycles. The van der Waals surface area contributed by atoms with Gasteiger partial charge in [0.15, 0.2) is 17.2 Å². The second kappa shape index (κ2) is 5.96. The number of hydrogen-bond donors (Lipinski definition) is 2. The summed E-state index contributed by atoms with van der Waals surface area (Å²) < 4.78 is 7.07. The number of carboxylic acids is 1. The molecule has 0 aliphatic rings. The van der Waals surface area contributed by atoms with Crippen molar-refractivity contribution in [1.29, 1.82) is 0 Å². The van der Waals surface area contributed by atoms with Gasteiger partial charge in [-0.1, -0.05) is 6.92 Å². The van der Waals surface area contributed by atoms with E-state index < -0.39 is 5.97 Å². The van der Waals surface area contributed by atoms with Gasteiger partial charge in [-0.2, -0.15) is 5.10 Å². The van der Waals surface area contributed by atoms with Crippen LogP contribution in [0.25, 0.3) is 28.4 Å². The molecular weight excluding hydrogens is 336 g/mol. The van der Waals surface area contributed by atoms with Crippen molar-refractivity contribution in [2.45, 2.75) is 13.3 Å². The van der Waals surface area contributed by atoms with E-state index in [0.717, 1.165) is 17.5 Å². The molecule has 0 fully saturated rings. The van der Waals surface area contributed by atoms with Gasteiger partial charge in [0.05, 0.1) is 17.9 Å². The van der Waals surface area contributed by atoms with Gasteiger partial charge in [-0.15, -0.1) is 0 Å². The van der Waals surface area contributed by atoms with Crippen LogP contribution in [0.5, 0.6) is 0 Å². The number of nitrogens with zero attached hydrogens (tertiary/aromatic N) is 5. The highest BCUT2D eigenvalue weighted by atomic mass is 16.4. The van der Waals surface area contributed by atoms with E-state index in [1.54, 1.807) is 23.0 Å². The van der Waals surface area contributed by atoms with Crippen LogP contribution < -0.4 is 5.73 Å². The number of nitrogens with two attached hydrogens (primary N) is 1. The van der Waals surface area contributed by atoms with Gasteiger partial charge >= 0.3 is 5.97 Å². The molecule has 4 rings (SSSR count). The average molecular weight is 350 g/mol. The summed E-state index contributed by atoms with van der Waals surface area (Å²) >= 11 is 0. The van der Waals surface area contributed by atoms with Crippen molar-refractivity contribution in [3.05, 3.63) is 48.2 Å². The second-order valence-electron chi connectivity index (χ2n) is 5.57. The summed E-state index contributed by atoms with van der Waals surface area (Å²) in [5.41, 5.74) is 8.66. The lowest BCUT2D eigenvalue weighted by Crippen LogP contribution is -2.10. The van der Waals surface area contributed by atoms with E-state index in [-0.39, 0.29) is 23.1 Å². The van der Waals surface area contributed by atoms with Crippen LogP contribution >= 0.6 is 0 Å². The van der Waals surface area contributed by atoms with Crippen molar-refractivity contribution >= 4 is 17.3 Å². The first-order chi connectivity index (χ1) is 12.6. The van der Waals surface area contributed by atoms with Gasteiger partial charge in [-0.05, 0) is 24.1 Å². The first-order valence-electron chi connectivity index (χ1n) is 7.85. The second-order valence-corrected chi connectivity index (χ2v) is 5.57. The fraction of sp³-hybridized carbons (Fsp3) is 0.118. The van der Waals surface area contributed by atoms with Gasteiger partial charge in [-0.25, -0.2) is 24.3 Å². The number of rotatable bonds is 4. The average Bonchev–Trinajstić information content (AvgIpc) is 3.30. The molecule has 0 bridgehead atoms. The number of aromatic carboxylic acids is 1. The minimum absolute atomic E-state index is 0.200. The highest BCUT2D eigenvalue weighted by Gasteiger charge is 2.22. The molecule has 0 amide bonds. The van der Waals surface area contributed by atoms with Crippen molar-refractivity contribution in [2.75, 3.05) is 5.73 Å². The normalized spacial score (nSPS) is 11.1. The number of anilines is 1. The smallest absolute Gasteiger partial charge is 0.358 e. The third kappa shape index (κ3) is 2.46. The van der Waals surface area contributed by atoms with Crippen molar-refractivity contribution < 1.29 is 14.3 Å². The van der Waals surface area contributed by atoms with Gasteiger partial charge in [0.1, 0.15) is 12.0 Å². The van der Waals surface area contributed by atoms with Gasteiger partial charge in [0, 0.05) is 11.8 Å². The Morgan fingerprint density at radius 3 is 2.88 bits per heavy atom. The monoisotopic (exact) mass is 350 g/mol. The summed E-state index contributed by atoms with van der Waals surface area (Å²) in [6.45, 7) is 2.04. The largest absolute Gasteiger partial charge is 0.476 e. The van der Waals surface area contributed by atoms with E-state index in [1.807, 2.05) is 13.0 Å². The van der Waals surface area contributed by atoms with E-state index >= 15 is 0 Å². The molecule has 0 atom stereocenters. The molecule has 26 heavy (non-hydrogen) atoms. The van der Waals surface area contributed by atoms with Crippen LogP contribution in [0.4, 0.5) is 5.82 Å². The summed E-state index contributed by atoms with van der Waals surface area (Å²) in [6.07, 6.45) is 7.26. The Bertz CT molecular complexity index is 1120. The summed E-state index contributed by atoms with van der Waals surface area (Å²) in [5.74, 6) is -1.25. The first-order valence-corrected chi connectivity index (χ1v) is 7.85. The van der Waals surface area contributed by atoms with E-state index in [4.69, 9.17) is 10.2 Å². The lowest BCUT2D eigenvalue weighted by Gasteiger charge is -2.09. The summed E-state index contributed by atoms with van der Waals surface area (Å²) in [4.78, 5) is 23.9. The van der Waals surface area contributed by atoms with Crippen LogP contribution in [0.15, 0.2) is 41.4 Å². The number of nitrogen functional groups attached to an aromatic ring is 1. The van der Waals surface area contributed by atoms with Gasteiger partial charge in [0.25, 0.3) is 0 Å². The summed E-state index contributed by atoms with van der Waals surface area (Å²) in [7, 11) is 0. The topological polar surface area (TPSA) is 132 Å². The Morgan fingerprint density at radius 1 is 1.35 bits per heavy atom. The molecule has 130 valence electrons. The zero-order chi connectivity index (χ0) is 18.3. The molecule has 4 aromatic heterocycles. The Kier molecular flexibility index (Phi) is 3.61. The summed E-state index contributed by atoms with van der Waals surface area (Å²) in [5, 5.41) is 13.6. The van der Waals surface area contributed by atoms with Crippen molar-refractivity contribution in [1.82, 2.24) is 24.6 Å². The highest BCUT2D eigenvalue weighted by molar-refractivity contribution is 5.92. The van der Waals surface area contributed by atoms with Gasteiger partial charge in [-0.3, -0.25) is 0 Å². The Balaban J connectivity index is 2.00. The third-order valence-electron chi connectivity index (χ3n) is 4.02. The fourth-order valence-electron chi connectivity index (χ4n) is 2.75. The van der Waals surface area contributed by atoms with E-state index in [9.17, 15) is 9.90 Å². The summed E-state index contributed by atoms with van der Waals surface area (Å²) in [6, 6.07) is 3.65. The van der Waals surface area contributed by atoms with Crippen molar-refractivity contribution in [3.63, 3.8) is 0 Å². The van der Waals surface area contributed by atoms with Crippen molar-refractivity contribution in [3.8, 4) is 22.8 Å². The minimum Gasteiger partial charge on any atom is -0.476 e. The van der Waals surface area contributed by atoms with Gasteiger partial charge in [0.2, 0.25) is 5.89 Å². The number of aromatic nitrogens is 5. The lowest BCUT2D eigenvalue weighted by molar-refractivity contribution is 0.0691. The minimum atomic E-state index is -1.25. The zero-order valence-electron chi connectivity index (χ0n) is 13.7. The maximum absolute atomic E-state index is 11.4. The molecule has 0 saturated carbocycles. The molecule has 4 aromatic rings. The van der Waals surface area contributed by atoms with E-state index in [0.29, 0.717) is 11.3 Å². The highest BCUT2D eigenvalue weighted by Crippen LogP contribution is 2.31. The van der Waals surface area contributed by atoms with E-state index in [1.165, 1.54) is 12.5 Å². The maximum atomic E-state index is 11.4. The molecule has 0 spiro atoms. The standard InChI is InChI=1S/C17H14N6O3/c1-2-9-8-20-23-5-3-10(7-11(9)23)12-13(16-19-4-6-26-16)22-15(18)14(21-12)17(24)25/h3-8H,2H2,1H3,(H2,18,22)(H,24,25). The molecule has 9 heteroatoms. The van der Waals surface area contributed by atoms with Crippen LogP contribution in [-0.4, -0.2) is 35.6 Å². The van der Waals surface area contributed by atoms with Crippen LogP contribution in [0.1, 0.15) is 23.0 Å². The number of pyridine rings is 1. The predicted octanol–water partition coefficient (Wildman–Crippen LogP) is 2.29. The molecule has 0 radical (unpaired) electrons. The van der Waals surface area contributed by atoms with Crippen LogP contribution in [-0.2, 0) is 6.42 Å². The number of carbonyl (C=O) groups is 1. The molecule has 3 N–H and O–H groups in total. The SMILES string of the molecule is CCc1cnn2ccc(-c3nc(C(=O)O)c(N)nc3-c3ncco3)cc12. The van der Waals surface area contributed by atoms with Crippen molar-refractivity contribution in [2.24, 2.45) is 0 Å². The number of aryl methyl sites for hydroxylation is 1. The molecule has 9 nitrogen and oxygen atoms in total. The molecule has 0 saturated heterocycles. The number of carboxylic acid groups (broad SMARTS) is 1. The van der Waals surface area contributed by atoms with Crippen LogP contribution in [0.3, 0.4) is 0 Å². The molecule has 0 unspecified atom stereocenters. The molecule has 0 aliphatic heterocycles.